The Hall–Kier alpha value is -2.31. The van der Waals surface area contributed by atoms with Crippen molar-refractivity contribution in [3.8, 4) is 16.6 Å². The van der Waals surface area contributed by atoms with Crippen LogP contribution in [0.5, 0.6) is 0 Å². The number of nitrogens with one attached hydrogen (secondary N) is 1. The van der Waals surface area contributed by atoms with Gasteiger partial charge in [0, 0.05) is 11.3 Å². The number of rotatable bonds is 7. The van der Waals surface area contributed by atoms with Crippen molar-refractivity contribution in [1.82, 2.24) is 10.2 Å². The van der Waals surface area contributed by atoms with Gasteiger partial charge in [0.05, 0.1) is 16.7 Å². The summed E-state index contributed by atoms with van der Waals surface area (Å²) in [6.45, 7) is 15.0. The van der Waals surface area contributed by atoms with Gasteiger partial charge in [-0.15, -0.1) is 10.2 Å². The summed E-state index contributed by atoms with van der Waals surface area (Å²) in [5, 5.41) is 23.6. The summed E-state index contributed by atoms with van der Waals surface area (Å²) in [5.41, 5.74) is 2.83. The monoisotopic (exact) mass is 516 g/mol. The molecule has 0 fully saturated rings. The molecule has 9 heteroatoms. The molecule has 0 aliphatic carbocycles. The second-order valence-corrected chi connectivity index (χ2v) is 16.0. The Morgan fingerprint density at radius 3 is 2.38 bits per heavy atom. The first kappa shape index (κ1) is 26.3. The zero-order valence-electron chi connectivity index (χ0n) is 20.5. The quantitative estimate of drug-likeness (QED) is 0.325. The van der Waals surface area contributed by atoms with Crippen LogP contribution in [-0.4, -0.2) is 24.6 Å². The van der Waals surface area contributed by atoms with Gasteiger partial charge in [0.15, 0.2) is 8.32 Å². The number of anilines is 1. The van der Waals surface area contributed by atoms with Crippen molar-refractivity contribution in [3.05, 3.63) is 63.4 Å². The summed E-state index contributed by atoms with van der Waals surface area (Å²) in [6, 6.07) is 11.6. The minimum Gasteiger partial charge on any atom is -0.412 e. The SMILES string of the molecule is Cc1c(N[C@@H](c2nnc(-c3ccc(F)cc3)s2)[C@@H](C)O[Si](C)(C)C(C)(C)C)ccc(C#N)c1Cl. The zero-order chi connectivity index (χ0) is 25.3. The average molecular weight is 517 g/mol. The number of halogens is 2. The normalized spacial score (nSPS) is 13.9. The predicted molar refractivity (Wildman–Crippen MR) is 140 cm³/mol. The molecule has 3 rings (SSSR count). The molecule has 0 aliphatic heterocycles. The Kier molecular flexibility index (Phi) is 7.83. The molecule has 3 aromatic rings. The molecular formula is C25H30ClFN4OSSi. The smallest absolute Gasteiger partial charge is 0.192 e. The molecule has 0 aliphatic rings. The third-order valence-electron chi connectivity index (χ3n) is 6.37. The predicted octanol–water partition coefficient (Wildman–Crippen LogP) is 7.74. The van der Waals surface area contributed by atoms with Crippen molar-refractivity contribution < 1.29 is 8.82 Å². The summed E-state index contributed by atoms with van der Waals surface area (Å²) in [4.78, 5) is 0. The van der Waals surface area contributed by atoms with Crippen LogP contribution in [0.3, 0.4) is 0 Å². The second-order valence-electron chi connectivity index (χ2n) is 9.87. The van der Waals surface area contributed by atoms with Crippen molar-refractivity contribution in [2.24, 2.45) is 0 Å². The number of hydrogen-bond donors (Lipinski definition) is 1. The van der Waals surface area contributed by atoms with Gasteiger partial charge in [-0.25, -0.2) is 4.39 Å². The molecule has 180 valence electrons. The molecule has 0 unspecified atom stereocenters. The van der Waals surface area contributed by atoms with E-state index in [2.05, 4.69) is 55.4 Å². The van der Waals surface area contributed by atoms with E-state index in [4.69, 9.17) is 16.0 Å². The van der Waals surface area contributed by atoms with Gasteiger partial charge in [-0.2, -0.15) is 5.26 Å². The average Bonchev–Trinajstić information content (AvgIpc) is 3.24. The first-order valence-electron chi connectivity index (χ1n) is 11.1. The molecule has 0 spiro atoms. The van der Waals surface area contributed by atoms with E-state index < -0.39 is 8.32 Å². The standard InChI is InChI=1S/C25H30ClFN4OSSi/c1-15-20(13-10-18(14-28)21(15)26)29-22(16(2)32-34(6,7)25(3,4)5)24-31-30-23(33-24)17-8-11-19(27)12-9-17/h8-13,16,22,29H,1-7H3/t16-,22-/m1/s1. The molecule has 1 aromatic heterocycles. The molecule has 2 atom stereocenters. The van der Waals surface area contributed by atoms with E-state index >= 15 is 0 Å². The Labute approximate surface area is 211 Å². The van der Waals surface area contributed by atoms with Crippen LogP contribution in [0.25, 0.3) is 10.6 Å². The summed E-state index contributed by atoms with van der Waals surface area (Å²) >= 11 is 7.87. The van der Waals surface area contributed by atoms with E-state index in [9.17, 15) is 9.65 Å². The van der Waals surface area contributed by atoms with Crippen molar-refractivity contribution in [2.45, 2.75) is 64.9 Å². The first-order valence-corrected chi connectivity index (χ1v) is 15.2. The van der Waals surface area contributed by atoms with E-state index in [1.165, 1.54) is 23.5 Å². The molecule has 1 N–H and O–H groups in total. The fourth-order valence-corrected chi connectivity index (χ4v) is 5.87. The number of aromatic nitrogens is 2. The van der Waals surface area contributed by atoms with Crippen LogP contribution in [0, 0.1) is 24.1 Å². The Morgan fingerprint density at radius 2 is 1.79 bits per heavy atom. The van der Waals surface area contributed by atoms with Crippen LogP contribution in [0.4, 0.5) is 10.1 Å². The van der Waals surface area contributed by atoms with Crippen molar-refractivity contribution >= 4 is 36.9 Å². The van der Waals surface area contributed by atoms with Crippen LogP contribution in [0.2, 0.25) is 23.2 Å². The Morgan fingerprint density at radius 1 is 1.15 bits per heavy atom. The topological polar surface area (TPSA) is 70.8 Å². The van der Waals surface area contributed by atoms with Gasteiger partial charge in [0.25, 0.3) is 0 Å². The van der Waals surface area contributed by atoms with Crippen LogP contribution >= 0.6 is 22.9 Å². The fraction of sp³-hybridized carbons (Fsp3) is 0.400. The lowest BCUT2D eigenvalue weighted by molar-refractivity contribution is 0.177. The van der Waals surface area contributed by atoms with Crippen LogP contribution in [0.15, 0.2) is 36.4 Å². The molecular weight excluding hydrogens is 487 g/mol. The summed E-state index contributed by atoms with van der Waals surface area (Å²) in [7, 11) is -2.08. The maximum Gasteiger partial charge on any atom is 0.192 e. The van der Waals surface area contributed by atoms with Crippen LogP contribution in [-0.2, 0) is 4.43 Å². The molecule has 0 amide bonds. The molecule has 5 nitrogen and oxygen atoms in total. The van der Waals surface area contributed by atoms with E-state index in [1.807, 2.05) is 19.9 Å². The molecule has 0 saturated carbocycles. The number of benzene rings is 2. The highest BCUT2D eigenvalue weighted by Gasteiger charge is 2.40. The molecule has 2 aromatic carbocycles. The van der Waals surface area contributed by atoms with Gasteiger partial charge < -0.3 is 9.74 Å². The highest BCUT2D eigenvalue weighted by atomic mass is 35.5. The number of nitriles is 1. The Balaban J connectivity index is 2.00. The maximum atomic E-state index is 13.4. The molecule has 0 saturated heterocycles. The van der Waals surface area contributed by atoms with E-state index in [0.29, 0.717) is 15.6 Å². The van der Waals surface area contributed by atoms with Crippen LogP contribution < -0.4 is 5.32 Å². The van der Waals surface area contributed by atoms with Crippen LogP contribution in [0.1, 0.15) is 49.9 Å². The molecule has 1 heterocycles. The van der Waals surface area contributed by atoms with E-state index in [-0.39, 0.29) is 23.0 Å². The molecule has 34 heavy (non-hydrogen) atoms. The minimum atomic E-state index is -2.08. The zero-order valence-corrected chi connectivity index (χ0v) is 23.1. The molecule has 0 bridgehead atoms. The Bertz CT molecular complexity index is 1200. The van der Waals surface area contributed by atoms with Crippen molar-refractivity contribution in [1.29, 1.82) is 5.26 Å². The molecule has 0 radical (unpaired) electrons. The fourth-order valence-electron chi connectivity index (χ4n) is 3.25. The minimum absolute atomic E-state index is 0.0415. The van der Waals surface area contributed by atoms with Crippen molar-refractivity contribution in [3.63, 3.8) is 0 Å². The number of nitrogens with zero attached hydrogens (tertiary/aromatic N) is 3. The lowest BCUT2D eigenvalue weighted by atomic mass is 10.1. The first-order chi connectivity index (χ1) is 15.8. The second kappa shape index (κ2) is 10.1. The highest BCUT2D eigenvalue weighted by molar-refractivity contribution is 7.14. The highest BCUT2D eigenvalue weighted by Crippen LogP contribution is 2.40. The third kappa shape index (κ3) is 5.66. The summed E-state index contributed by atoms with van der Waals surface area (Å²) in [6.07, 6.45) is -0.219. The van der Waals surface area contributed by atoms with Gasteiger partial charge in [-0.3, -0.25) is 0 Å². The van der Waals surface area contributed by atoms with E-state index in [0.717, 1.165) is 21.8 Å². The summed E-state index contributed by atoms with van der Waals surface area (Å²) < 4.78 is 20.1. The lowest BCUT2D eigenvalue weighted by Crippen LogP contribution is -2.45. The number of hydrogen-bond acceptors (Lipinski definition) is 6. The maximum absolute atomic E-state index is 13.4. The third-order valence-corrected chi connectivity index (χ3v) is 12.5. The van der Waals surface area contributed by atoms with Gasteiger partial charge in [-0.05, 0) is 73.9 Å². The van der Waals surface area contributed by atoms with Gasteiger partial charge in [0.2, 0.25) is 0 Å². The van der Waals surface area contributed by atoms with Gasteiger partial charge in [0.1, 0.15) is 27.9 Å². The van der Waals surface area contributed by atoms with Crippen molar-refractivity contribution in [2.75, 3.05) is 5.32 Å². The lowest BCUT2D eigenvalue weighted by Gasteiger charge is -2.40. The summed E-state index contributed by atoms with van der Waals surface area (Å²) in [5.74, 6) is -0.294. The van der Waals surface area contributed by atoms with Gasteiger partial charge in [-0.1, -0.05) is 43.7 Å². The van der Waals surface area contributed by atoms with E-state index in [1.54, 1.807) is 18.2 Å². The largest absolute Gasteiger partial charge is 0.412 e. The van der Waals surface area contributed by atoms with Gasteiger partial charge >= 0.3 is 0 Å².